The van der Waals surface area contributed by atoms with Crippen molar-refractivity contribution in [2.75, 3.05) is 0 Å². The SMILES string of the molecule is CCc1cc([N+](=O)[O-])ccc1-c1ccccc1C1N=N1. The van der Waals surface area contributed by atoms with Gasteiger partial charge in [-0.25, -0.2) is 0 Å². The average Bonchev–Trinajstić information content (AvgIpc) is 3.31. The molecule has 0 aromatic heterocycles. The van der Waals surface area contributed by atoms with Crippen LogP contribution < -0.4 is 0 Å². The van der Waals surface area contributed by atoms with Gasteiger partial charge in [-0.05, 0) is 29.2 Å². The predicted octanol–water partition coefficient (Wildman–Crippen LogP) is 4.29. The second-order valence-corrected chi connectivity index (χ2v) is 4.64. The summed E-state index contributed by atoms with van der Waals surface area (Å²) in [7, 11) is 0. The minimum Gasteiger partial charge on any atom is -0.258 e. The minimum atomic E-state index is -0.361. The summed E-state index contributed by atoms with van der Waals surface area (Å²) >= 11 is 0. The number of hydrogen-bond donors (Lipinski definition) is 0. The lowest BCUT2D eigenvalue weighted by atomic mass is 9.93. The first-order valence-corrected chi connectivity index (χ1v) is 6.47. The highest BCUT2D eigenvalue weighted by Crippen LogP contribution is 2.39. The average molecular weight is 267 g/mol. The highest BCUT2D eigenvalue weighted by atomic mass is 16.6. The molecule has 0 unspecified atom stereocenters. The summed E-state index contributed by atoms with van der Waals surface area (Å²) in [5, 5.41) is 18.8. The molecule has 0 bridgehead atoms. The van der Waals surface area contributed by atoms with Gasteiger partial charge in [0.25, 0.3) is 5.69 Å². The quantitative estimate of drug-likeness (QED) is 0.612. The van der Waals surface area contributed by atoms with Gasteiger partial charge in [0.05, 0.1) is 4.92 Å². The molecule has 0 fully saturated rings. The van der Waals surface area contributed by atoms with E-state index in [0.29, 0.717) is 0 Å². The van der Waals surface area contributed by atoms with Crippen LogP contribution >= 0.6 is 0 Å². The molecule has 1 heterocycles. The van der Waals surface area contributed by atoms with Crippen LogP contribution in [0.5, 0.6) is 0 Å². The highest BCUT2D eigenvalue weighted by molar-refractivity contribution is 5.73. The molecule has 5 heteroatoms. The number of benzene rings is 2. The Morgan fingerprint density at radius 1 is 1.15 bits per heavy atom. The van der Waals surface area contributed by atoms with E-state index in [9.17, 15) is 10.1 Å². The second-order valence-electron chi connectivity index (χ2n) is 4.64. The number of hydrogen-bond acceptors (Lipinski definition) is 4. The number of nitro groups is 1. The fourth-order valence-electron chi connectivity index (χ4n) is 2.37. The van der Waals surface area contributed by atoms with Gasteiger partial charge in [-0.1, -0.05) is 31.2 Å². The molecular weight excluding hydrogens is 254 g/mol. The monoisotopic (exact) mass is 267 g/mol. The first-order valence-electron chi connectivity index (χ1n) is 6.47. The van der Waals surface area contributed by atoms with Crippen molar-refractivity contribution in [3.05, 3.63) is 63.7 Å². The normalized spacial score (nSPS) is 13.4. The second kappa shape index (κ2) is 4.85. The minimum absolute atomic E-state index is 0.0777. The van der Waals surface area contributed by atoms with Gasteiger partial charge in [0, 0.05) is 17.7 Å². The van der Waals surface area contributed by atoms with E-state index in [2.05, 4.69) is 10.2 Å². The Hall–Kier alpha value is -2.56. The van der Waals surface area contributed by atoms with Crippen molar-refractivity contribution in [2.24, 2.45) is 10.2 Å². The molecule has 0 radical (unpaired) electrons. The van der Waals surface area contributed by atoms with Crippen molar-refractivity contribution < 1.29 is 4.92 Å². The summed E-state index contributed by atoms with van der Waals surface area (Å²) < 4.78 is 0. The first-order chi connectivity index (χ1) is 9.70. The van der Waals surface area contributed by atoms with Crippen LogP contribution in [0.25, 0.3) is 11.1 Å². The van der Waals surface area contributed by atoms with Gasteiger partial charge in [0.15, 0.2) is 0 Å². The van der Waals surface area contributed by atoms with Crippen LogP contribution in [0, 0.1) is 10.1 Å². The fraction of sp³-hybridized carbons (Fsp3) is 0.200. The molecule has 5 nitrogen and oxygen atoms in total. The van der Waals surface area contributed by atoms with Crippen molar-refractivity contribution in [1.29, 1.82) is 0 Å². The molecule has 1 aliphatic heterocycles. The lowest BCUT2D eigenvalue weighted by Crippen LogP contribution is -1.95. The number of rotatable bonds is 4. The zero-order chi connectivity index (χ0) is 14.1. The van der Waals surface area contributed by atoms with E-state index in [1.54, 1.807) is 12.1 Å². The summed E-state index contributed by atoms with van der Waals surface area (Å²) in [5.74, 6) is 0. The Bertz CT molecular complexity index is 704. The molecule has 0 aliphatic carbocycles. The van der Waals surface area contributed by atoms with Gasteiger partial charge in [0.2, 0.25) is 6.17 Å². The van der Waals surface area contributed by atoms with Crippen LogP contribution in [0.2, 0.25) is 0 Å². The molecule has 20 heavy (non-hydrogen) atoms. The maximum absolute atomic E-state index is 10.9. The number of nitro benzene ring substituents is 1. The summed E-state index contributed by atoms with van der Waals surface area (Å²) in [4.78, 5) is 10.5. The number of nitrogens with zero attached hydrogens (tertiary/aromatic N) is 3. The molecule has 0 amide bonds. The van der Waals surface area contributed by atoms with Crippen molar-refractivity contribution in [2.45, 2.75) is 19.5 Å². The van der Waals surface area contributed by atoms with Crippen LogP contribution in [-0.4, -0.2) is 4.92 Å². The molecule has 0 atom stereocenters. The van der Waals surface area contributed by atoms with E-state index < -0.39 is 0 Å². The molecule has 3 rings (SSSR count). The van der Waals surface area contributed by atoms with E-state index >= 15 is 0 Å². The maximum Gasteiger partial charge on any atom is 0.269 e. The van der Waals surface area contributed by atoms with Crippen LogP contribution in [0.3, 0.4) is 0 Å². The van der Waals surface area contributed by atoms with Crippen LogP contribution in [0.15, 0.2) is 52.7 Å². The van der Waals surface area contributed by atoms with Crippen LogP contribution in [0.1, 0.15) is 24.2 Å². The van der Waals surface area contributed by atoms with Crippen LogP contribution in [-0.2, 0) is 6.42 Å². The standard InChI is InChI=1S/C15H13N3O2/c1-2-10-9-11(18(19)20)7-8-12(10)13-5-3-4-6-14(13)15-16-17-15/h3-9,15H,2H2,1H3. The van der Waals surface area contributed by atoms with E-state index in [1.165, 1.54) is 0 Å². The van der Waals surface area contributed by atoms with Gasteiger partial charge in [0.1, 0.15) is 0 Å². The Balaban J connectivity index is 2.12. The fourth-order valence-corrected chi connectivity index (χ4v) is 2.37. The largest absolute Gasteiger partial charge is 0.269 e. The van der Waals surface area contributed by atoms with Crippen molar-refractivity contribution in [1.82, 2.24) is 0 Å². The Morgan fingerprint density at radius 2 is 1.90 bits per heavy atom. The molecule has 0 spiro atoms. The first kappa shape index (κ1) is 12.5. The molecular formula is C15H13N3O2. The van der Waals surface area contributed by atoms with Gasteiger partial charge in [-0.3, -0.25) is 10.1 Å². The highest BCUT2D eigenvalue weighted by Gasteiger charge is 2.23. The Morgan fingerprint density at radius 3 is 2.55 bits per heavy atom. The molecule has 0 N–H and O–H groups in total. The lowest BCUT2D eigenvalue weighted by molar-refractivity contribution is -0.384. The van der Waals surface area contributed by atoms with Crippen LogP contribution in [0.4, 0.5) is 5.69 Å². The number of non-ortho nitro benzene ring substituents is 1. The molecule has 0 saturated heterocycles. The van der Waals surface area contributed by atoms with E-state index in [4.69, 9.17) is 0 Å². The predicted molar refractivity (Wildman–Crippen MR) is 75.5 cm³/mol. The van der Waals surface area contributed by atoms with Crippen molar-refractivity contribution >= 4 is 5.69 Å². The summed E-state index contributed by atoms with van der Waals surface area (Å²) in [5.41, 5.74) is 4.22. The topological polar surface area (TPSA) is 67.9 Å². The molecule has 100 valence electrons. The smallest absolute Gasteiger partial charge is 0.258 e. The summed E-state index contributed by atoms with van der Waals surface area (Å²) in [6.45, 7) is 2.00. The molecule has 2 aromatic rings. The molecule has 2 aromatic carbocycles. The molecule has 0 saturated carbocycles. The number of aryl methyl sites for hydroxylation is 1. The van der Waals surface area contributed by atoms with E-state index in [0.717, 1.165) is 28.7 Å². The lowest BCUT2D eigenvalue weighted by Gasteiger charge is -2.11. The summed E-state index contributed by atoms with van der Waals surface area (Å²) in [6, 6.07) is 12.9. The zero-order valence-electron chi connectivity index (χ0n) is 11.0. The van der Waals surface area contributed by atoms with Gasteiger partial charge < -0.3 is 0 Å². The maximum atomic E-state index is 10.9. The van der Waals surface area contributed by atoms with Gasteiger partial charge in [-0.2, -0.15) is 10.2 Å². The van der Waals surface area contributed by atoms with Gasteiger partial charge in [-0.15, -0.1) is 0 Å². The Labute approximate surface area is 116 Å². The van der Waals surface area contributed by atoms with E-state index in [1.807, 2.05) is 37.3 Å². The van der Waals surface area contributed by atoms with Crippen molar-refractivity contribution in [3.63, 3.8) is 0 Å². The Kier molecular flexibility index (Phi) is 3.02. The van der Waals surface area contributed by atoms with Crippen molar-refractivity contribution in [3.8, 4) is 11.1 Å². The third-order valence-electron chi connectivity index (χ3n) is 3.44. The molecule has 1 aliphatic rings. The summed E-state index contributed by atoms with van der Waals surface area (Å²) in [6.07, 6.45) is 0.663. The van der Waals surface area contributed by atoms with E-state index in [-0.39, 0.29) is 16.8 Å². The third-order valence-corrected chi connectivity index (χ3v) is 3.44. The third kappa shape index (κ3) is 2.18. The van der Waals surface area contributed by atoms with Gasteiger partial charge >= 0.3 is 0 Å². The zero-order valence-corrected chi connectivity index (χ0v) is 11.0.